The fourth-order valence-corrected chi connectivity index (χ4v) is 3.41. The minimum atomic E-state index is -0.286. The average molecular weight is 440 g/mol. The van der Waals surface area contributed by atoms with Crippen LogP contribution in [0.5, 0.6) is 0 Å². The zero-order valence-electron chi connectivity index (χ0n) is 13.0. The Balaban J connectivity index is 0.00000243. The van der Waals surface area contributed by atoms with Gasteiger partial charge >= 0.3 is 29.6 Å². The minimum absolute atomic E-state index is 0. The number of halogens is 4. The van der Waals surface area contributed by atoms with Gasteiger partial charge in [0.2, 0.25) is 0 Å². The fourth-order valence-electron chi connectivity index (χ4n) is 2.42. The summed E-state index contributed by atoms with van der Waals surface area (Å²) < 4.78 is 8.05. The third-order valence-corrected chi connectivity index (χ3v) is 4.85. The van der Waals surface area contributed by atoms with E-state index in [0.29, 0.717) is 33.2 Å². The monoisotopic (exact) mass is 438 g/mol. The van der Waals surface area contributed by atoms with Crippen molar-refractivity contribution in [2.45, 2.75) is 19.3 Å². The molecule has 0 saturated heterocycles. The topological polar surface area (TPSA) is 27.1 Å². The van der Waals surface area contributed by atoms with Crippen LogP contribution in [0.15, 0.2) is 55.1 Å². The first-order chi connectivity index (χ1) is 12.0. The molecule has 1 aromatic heterocycles. The molecule has 132 valence electrons. The summed E-state index contributed by atoms with van der Waals surface area (Å²) in [6, 6.07) is 10.7. The number of nitrogens with zero attached hydrogens (tertiary/aromatic N) is 2. The number of imidazole rings is 1. The standard InChI is InChI=1S/C18H14Cl4N2O.Na.H/c19-13-2-1-12(16(21)7-13)10-25-18(9-24-6-5-23-11-24)15-4-3-14(20)8-17(15)22;;/h1-8,11,18H,9-10H2;;. The van der Waals surface area contributed by atoms with Gasteiger partial charge in [0.1, 0.15) is 6.10 Å². The first-order valence-corrected chi connectivity index (χ1v) is 9.00. The van der Waals surface area contributed by atoms with E-state index in [0.717, 1.165) is 11.1 Å². The molecule has 0 radical (unpaired) electrons. The Labute approximate surface area is 194 Å². The molecule has 0 aliphatic rings. The van der Waals surface area contributed by atoms with Gasteiger partial charge in [0.25, 0.3) is 0 Å². The van der Waals surface area contributed by atoms with Crippen molar-refractivity contribution in [3.63, 3.8) is 0 Å². The van der Waals surface area contributed by atoms with Gasteiger partial charge in [-0.15, -0.1) is 0 Å². The molecule has 26 heavy (non-hydrogen) atoms. The van der Waals surface area contributed by atoms with Gasteiger partial charge in [0.05, 0.1) is 19.5 Å². The fraction of sp³-hybridized carbons (Fsp3) is 0.167. The summed E-state index contributed by atoms with van der Waals surface area (Å²) >= 11 is 24.5. The van der Waals surface area contributed by atoms with E-state index in [9.17, 15) is 0 Å². The molecule has 1 unspecified atom stereocenters. The van der Waals surface area contributed by atoms with Gasteiger partial charge < -0.3 is 9.30 Å². The Kier molecular flexibility index (Phi) is 8.78. The predicted octanol–water partition coefficient (Wildman–Crippen LogP) is 5.81. The summed E-state index contributed by atoms with van der Waals surface area (Å²) in [5.74, 6) is 0. The van der Waals surface area contributed by atoms with E-state index in [4.69, 9.17) is 51.1 Å². The molecule has 1 heterocycles. The second kappa shape index (κ2) is 10.4. The van der Waals surface area contributed by atoms with E-state index in [1.54, 1.807) is 36.8 Å². The Morgan fingerprint density at radius 3 is 2.27 bits per heavy atom. The third kappa shape index (κ3) is 5.88. The van der Waals surface area contributed by atoms with E-state index >= 15 is 0 Å². The normalized spacial score (nSPS) is 11.8. The molecular weight excluding hydrogens is 425 g/mol. The molecular formula is C18H15Cl4N2NaO. The van der Waals surface area contributed by atoms with Crippen LogP contribution in [0.4, 0.5) is 0 Å². The molecule has 0 aliphatic carbocycles. The average Bonchev–Trinajstić information content (AvgIpc) is 3.06. The van der Waals surface area contributed by atoms with E-state index in [1.165, 1.54) is 0 Å². The van der Waals surface area contributed by atoms with Gasteiger partial charge in [0, 0.05) is 38.0 Å². The molecule has 8 heteroatoms. The van der Waals surface area contributed by atoms with Crippen LogP contribution in [0.3, 0.4) is 0 Å². The number of hydrogen-bond donors (Lipinski definition) is 0. The van der Waals surface area contributed by atoms with E-state index < -0.39 is 0 Å². The molecule has 0 spiro atoms. The SMILES string of the molecule is Clc1ccc(COC(Cn2ccnc2)c2ccc(Cl)cc2Cl)c(Cl)c1.[NaH]. The molecule has 3 nitrogen and oxygen atoms in total. The van der Waals surface area contributed by atoms with Crippen LogP contribution < -0.4 is 0 Å². The van der Waals surface area contributed by atoms with Crippen LogP contribution in [-0.4, -0.2) is 39.1 Å². The Bertz CT molecular complexity index is 858. The number of rotatable bonds is 6. The van der Waals surface area contributed by atoms with E-state index in [-0.39, 0.29) is 35.7 Å². The zero-order chi connectivity index (χ0) is 17.8. The summed E-state index contributed by atoms with van der Waals surface area (Å²) in [6.07, 6.45) is 5.03. The molecule has 0 aliphatic heterocycles. The van der Waals surface area contributed by atoms with Gasteiger partial charge in [0.15, 0.2) is 0 Å². The van der Waals surface area contributed by atoms with Crippen LogP contribution in [0.1, 0.15) is 17.2 Å². The van der Waals surface area contributed by atoms with E-state index in [2.05, 4.69) is 4.98 Å². The first-order valence-electron chi connectivity index (χ1n) is 7.49. The Hall–Kier alpha value is -0.230. The Morgan fingerprint density at radius 2 is 1.65 bits per heavy atom. The number of hydrogen-bond acceptors (Lipinski definition) is 2. The molecule has 2 aromatic carbocycles. The van der Waals surface area contributed by atoms with Crippen LogP contribution in [0, 0.1) is 0 Å². The summed E-state index contributed by atoms with van der Waals surface area (Å²) in [7, 11) is 0. The van der Waals surface area contributed by atoms with Crippen molar-refractivity contribution < 1.29 is 4.74 Å². The maximum atomic E-state index is 6.37. The molecule has 1 atom stereocenters. The summed E-state index contributed by atoms with van der Waals surface area (Å²) in [5, 5.41) is 2.29. The van der Waals surface area contributed by atoms with Crippen LogP contribution in [0.2, 0.25) is 20.1 Å². The van der Waals surface area contributed by atoms with Crippen molar-refractivity contribution in [1.82, 2.24) is 9.55 Å². The summed E-state index contributed by atoms with van der Waals surface area (Å²) in [4.78, 5) is 4.07. The molecule has 0 N–H and O–H groups in total. The molecule has 0 amide bonds. The zero-order valence-corrected chi connectivity index (χ0v) is 16.0. The summed E-state index contributed by atoms with van der Waals surface area (Å²) in [5.41, 5.74) is 1.71. The second-order valence-electron chi connectivity index (χ2n) is 5.46. The van der Waals surface area contributed by atoms with Crippen molar-refractivity contribution >= 4 is 76.0 Å². The second-order valence-corrected chi connectivity index (χ2v) is 7.15. The number of aromatic nitrogens is 2. The van der Waals surface area contributed by atoms with Crippen molar-refractivity contribution in [2.75, 3.05) is 0 Å². The summed E-state index contributed by atoms with van der Waals surface area (Å²) in [6.45, 7) is 0.890. The molecule has 0 fully saturated rings. The van der Waals surface area contributed by atoms with Gasteiger partial charge in [-0.1, -0.05) is 58.5 Å². The first kappa shape index (κ1) is 22.1. The Morgan fingerprint density at radius 1 is 0.962 bits per heavy atom. The third-order valence-electron chi connectivity index (χ3n) is 3.70. The molecule has 3 rings (SSSR count). The van der Waals surface area contributed by atoms with E-state index in [1.807, 2.05) is 22.9 Å². The number of benzene rings is 2. The van der Waals surface area contributed by atoms with Crippen molar-refractivity contribution in [1.29, 1.82) is 0 Å². The van der Waals surface area contributed by atoms with Crippen molar-refractivity contribution in [3.8, 4) is 0 Å². The van der Waals surface area contributed by atoms with Crippen LogP contribution >= 0.6 is 46.4 Å². The maximum absolute atomic E-state index is 6.37. The van der Waals surface area contributed by atoms with Crippen molar-refractivity contribution in [2.24, 2.45) is 0 Å². The van der Waals surface area contributed by atoms with Gasteiger partial charge in [-0.3, -0.25) is 0 Å². The van der Waals surface area contributed by atoms with Crippen LogP contribution in [0.25, 0.3) is 0 Å². The van der Waals surface area contributed by atoms with Crippen LogP contribution in [-0.2, 0) is 17.9 Å². The van der Waals surface area contributed by atoms with Crippen molar-refractivity contribution in [3.05, 3.63) is 86.3 Å². The molecule has 3 aromatic rings. The molecule has 0 bridgehead atoms. The van der Waals surface area contributed by atoms with Gasteiger partial charge in [-0.05, 0) is 29.8 Å². The van der Waals surface area contributed by atoms with Gasteiger partial charge in [-0.2, -0.15) is 0 Å². The quantitative estimate of drug-likeness (QED) is 0.453. The predicted molar refractivity (Wildman–Crippen MR) is 110 cm³/mol. The number of ether oxygens (including phenoxy) is 1. The molecule has 0 saturated carbocycles. The van der Waals surface area contributed by atoms with Gasteiger partial charge in [-0.25, -0.2) is 4.98 Å².